The Hall–Kier alpha value is -2.23. The summed E-state index contributed by atoms with van der Waals surface area (Å²) in [6, 6.07) is 11.9. The SMILES string of the molecule is CCCOc1cc(N)cc(N(C)CCc2ccccn2)c1. The molecule has 0 unspecified atom stereocenters. The van der Waals surface area contributed by atoms with E-state index >= 15 is 0 Å². The third-order valence-electron chi connectivity index (χ3n) is 3.26. The molecule has 0 aliphatic carbocycles. The number of pyridine rings is 1. The lowest BCUT2D eigenvalue weighted by Crippen LogP contribution is -2.20. The van der Waals surface area contributed by atoms with E-state index in [-0.39, 0.29) is 0 Å². The number of rotatable bonds is 7. The number of nitrogens with zero attached hydrogens (tertiary/aromatic N) is 2. The van der Waals surface area contributed by atoms with Crippen LogP contribution in [0.5, 0.6) is 5.75 Å². The predicted octanol–water partition coefficient (Wildman–Crippen LogP) is 3.13. The molecule has 2 N–H and O–H groups in total. The van der Waals surface area contributed by atoms with E-state index in [9.17, 15) is 0 Å². The molecule has 112 valence electrons. The molecule has 1 heterocycles. The minimum absolute atomic E-state index is 0.709. The average molecular weight is 285 g/mol. The van der Waals surface area contributed by atoms with Crippen molar-refractivity contribution in [1.82, 2.24) is 4.98 Å². The van der Waals surface area contributed by atoms with Gasteiger partial charge in [-0.25, -0.2) is 0 Å². The van der Waals surface area contributed by atoms with Crippen molar-refractivity contribution in [2.24, 2.45) is 0 Å². The minimum atomic E-state index is 0.709. The molecule has 4 nitrogen and oxygen atoms in total. The molecule has 0 radical (unpaired) electrons. The summed E-state index contributed by atoms with van der Waals surface area (Å²) in [5.41, 5.74) is 8.84. The predicted molar refractivity (Wildman–Crippen MR) is 87.9 cm³/mol. The molecule has 2 rings (SSSR count). The first-order valence-electron chi connectivity index (χ1n) is 7.33. The fourth-order valence-corrected chi connectivity index (χ4v) is 2.09. The number of aromatic nitrogens is 1. The zero-order chi connectivity index (χ0) is 15.1. The Kier molecular flexibility index (Phi) is 5.43. The van der Waals surface area contributed by atoms with Crippen molar-refractivity contribution in [3.05, 3.63) is 48.3 Å². The fourth-order valence-electron chi connectivity index (χ4n) is 2.09. The number of hydrogen-bond acceptors (Lipinski definition) is 4. The summed E-state index contributed by atoms with van der Waals surface area (Å²) in [7, 11) is 2.06. The highest BCUT2D eigenvalue weighted by molar-refractivity contribution is 5.60. The van der Waals surface area contributed by atoms with E-state index in [2.05, 4.69) is 23.9 Å². The maximum atomic E-state index is 5.96. The number of benzene rings is 1. The van der Waals surface area contributed by atoms with Crippen molar-refractivity contribution >= 4 is 11.4 Å². The van der Waals surface area contributed by atoms with Gasteiger partial charge in [0.1, 0.15) is 5.75 Å². The molecular weight excluding hydrogens is 262 g/mol. The van der Waals surface area contributed by atoms with Gasteiger partial charge in [0.15, 0.2) is 0 Å². The van der Waals surface area contributed by atoms with E-state index < -0.39 is 0 Å². The summed E-state index contributed by atoms with van der Waals surface area (Å²) >= 11 is 0. The molecular formula is C17H23N3O. The van der Waals surface area contributed by atoms with Crippen LogP contribution in [0.3, 0.4) is 0 Å². The molecule has 21 heavy (non-hydrogen) atoms. The van der Waals surface area contributed by atoms with Crippen molar-refractivity contribution in [3.63, 3.8) is 0 Å². The van der Waals surface area contributed by atoms with E-state index in [0.29, 0.717) is 6.61 Å². The van der Waals surface area contributed by atoms with Crippen molar-refractivity contribution in [3.8, 4) is 5.75 Å². The fraction of sp³-hybridized carbons (Fsp3) is 0.353. The summed E-state index contributed by atoms with van der Waals surface area (Å²) in [5.74, 6) is 0.830. The highest BCUT2D eigenvalue weighted by Gasteiger charge is 2.06. The second-order valence-electron chi connectivity index (χ2n) is 5.10. The zero-order valence-electron chi connectivity index (χ0n) is 12.7. The smallest absolute Gasteiger partial charge is 0.123 e. The average Bonchev–Trinajstić information content (AvgIpc) is 2.51. The van der Waals surface area contributed by atoms with Crippen molar-refractivity contribution in [2.75, 3.05) is 30.8 Å². The number of nitrogens with two attached hydrogens (primary N) is 1. The van der Waals surface area contributed by atoms with Gasteiger partial charge in [0.25, 0.3) is 0 Å². The number of ether oxygens (including phenoxy) is 1. The molecule has 0 saturated heterocycles. The highest BCUT2D eigenvalue weighted by Crippen LogP contribution is 2.25. The number of likely N-dealkylation sites (N-methyl/N-ethyl adjacent to an activating group) is 1. The Morgan fingerprint density at radius 1 is 1.24 bits per heavy atom. The zero-order valence-corrected chi connectivity index (χ0v) is 12.7. The van der Waals surface area contributed by atoms with Crippen LogP contribution in [0.25, 0.3) is 0 Å². The highest BCUT2D eigenvalue weighted by atomic mass is 16.5. The van der Waals surface area contributed by atoms with Crippen LogP contribution in [0.15, 0.2) is 42.6 Å². The van der Waals surface area contributed by atoms with E-state index in [1.54, 1.807) is 0 Å². The summed E-state index contributed by atoms with van der Waals surface area (Å²) in [4.78, 5) is 6.51. The van der Waals surface area contributed by atoms with Crippen LogP contribution < -0.4 is 15.4 Å². The molecule has 0 saturated carbocycles. The van der Waals surface area contributed by atoms with E-state index in [1.807, 2.05) is 42.6 Å². The van der Waals surface area contributed by atoms with E-state index in [0.717, 1.165) is 42.2 Å². The molecule has 2 aromatic rings. The Morgan fingerprint density at radius 2 is 2.10 bits per heavy atom. The quantitative estimate of drug-likeness (QED) is 0.794. The van der Waals surface area contributed by atoms with Gasteiger partial charge in [-0.15, -0.1) is 0 Å². The van der Waals surface area contributed by atoms with E-state index in [4.69, 9.17) is 10.5 Å². The number of anilines is 2. The van der Waals surface area contributed by atoms with Crippen LogP contribution >= 0.6 is 0 Å². The van der Waals surface area contributed by atoms with Crippen LogP contribution in [0.4, 0.5) is 11.4 Å². The molecule has 0 amide bonds. The van der Waals surface area contributed by atoms with Crippen molar-refractivity contribution in [1.29, 1.82) is 0 Å². The summed E-state index contributed by atoms with van der Waals surface area (Å²) in [5, 5.41) is 0. The van der Waals surface area contributed by atoms with Crippen LogP contribution in [0.2, 0.25) is 0 Å². The molecule has 0 aliphatic heterocycles. The lowest BCUT2D eigenvalue weighted by Gasteiger charge is -2.20. The van der Waals surface area contributed by atoms with Gasteiger partial charge in [-0.1, -0.05) is 13.0 Å². The van der Waals surface area contributed by atoms with Gasteiger partial charge in [0, 0.05) is 55.4 Å². The van der Waals surface area contributed by atoms with Gasteiger partial charge in [0.05, 0.1) is 6.61 Å². The first-order chi connectivity index (χ1) is 10.2. The second-order valence-corrected chi connectivity index (χ2v) is 5.10. The summed E-state index contributed by atoms with van der Waals surface area (Å²) in [6.45, 7) is 3.68. The van der Waals surface area contributed by atoms with Crippen LogP contribution in [-0.2, 0) is 6.42 Å². The topological polar surface area (TPSA) is 51.4 Å². The molecule has 1 aromatic heterocycles. The second kappa shape index (κ2) is 7.53. The third-order valence-corrected chi connectivity index (χ3v) is 3.26. The maximum absolute atomic E-state index is 5.96. The molecule has 0 bridgehead atoms. The van der Waals surface area contributed by atoms with Crippen LogP contribution in [0.1, 0.15) is 19.0 Å². The Balaban J connectivity index is 2.01. The minimum Gasteiger partial charge on any atom is -0.493 e. The van der Waals surface area contributed by atoms with Gasteiger partial charge in [-0.3, -0.25) is 4.98 Å². The molecule has 0 atom stereocenters. The molecule has 4 heteroatoms. The van der Waals surface area contributed by atoms with Gasteiger partial charge >= 0.3 is 0 Å². The number of nitrogen functional groups attached to an aromatic ring is 1. The number of hydrogen-bond donors (Lipinski definition) is 1. The van der Waals surface area contributed by atoms with Gasteiger partial charge in [-0.2, -0.15) is 0 Å². The lowest BCUT2D eigenvalue weighted by atomic mass is 10.2. The van der Waals surface area contributed by atoms with Gasteiger partial charge in [0.2, 0.25) is 0 Å². The first-order valence-corrected chi connectivity index (χ1v) is 7.33. The Labute approximate surface area is 126 Å². The lowest BCUT2D eigenvalue weighted by molar-refractivity contribution is 0.317. The first kappa shape index (κ1) is 15.2. The normalized spacial score (nSPS) is 10.4. The monoisotopic (exact) mass is 285 g/mol. The standard InChI is InChI=1S/C17H23N3O/c1-3-10-21-17-12-14(18)11-16(13-17)20(2)9-7-15-6-4-5-8-19-15/h4-6,8,11-13H,3,7,9-10,18H2,1-2H3. The Morgan fingerprint density at radius 3 is 2.81 bits per heavy atom. The molecule has 0 spiro atoms. The maximum Gasteiger partial charge on any atom is 0.123 e. The molecule has 1 aromatic carbocycles. The molecule has 0 aliphatic rings. The Bertz CT molecular complexity index is 557. The van der Waals surface area contributed by atoms with Crippen LogP contribution in [-0.4, -0.2) is 25.2 Å². The van der Waals surface area contributed by atoms with Crippen molar-refractivity contribution in [2.45, 2.75) is 19.8 Å². The van der Waals surface area contributed by atoms with E-state index in [1.165, 1.54) is 0 Å². The third kappa shape index (κ3) is 4.67. The van der Waals surface area contributed by atoms with Crippen molar-refractivity contribution < 1.29 is 4.74 Å². The largest absolute Gasteiger partial charge is 0.493 e. The van der Waals surface area contributed by atoms with Crippen LogP contribution in [0, 0.1) is 0 Å². The van der Waals surface area contributed by atoms with Gasteiger partial charge in [-0.05, 0) is 24.6 Å². The van der Waals surface area contributed by atoms with Gasteiger partial charge < -0.3 is 15.4 Å². The summed E-state index contributed by atoms with van der Waals surface area (Å²) < 4.78 is 5.67. The molecule has 0 fully saturated rings. The summed E-state index contributed by atoms with van der Waals surface area (Å²) in [6.07, 6.45) is 3.71.